The Balaban J connectivity index is 2.36. The molecule has 0 saturated heterocycles. The van der Waals surface area contributed by atoms with Gasteiger partial charge in [-0.2, -0.15) is 11.3 Å². The lowest BCUT2D eigenvalue weighted by Crippen LogP contribution is -1.99. The summed E-state index contributed by atoms with van der Waals surface area (Å²) in [5.74, 6) is 0.457. The second-order valence-corrected chi connectivity index (χ2v) is 4.98. The van der Waals surface area contributed by atoms with Gasteiger partial charge >= 0.3 is 0 Å². The van der Waals surface area contributed by atoms with E-state index in [0.717, 1.165) is 21.3 Å². The van der Waals surface area contributed by atoms with Crippen molar-refractivity contribution in [3.05, 3.63) is 33.6 Å². The summed E-state index contributed by atoms with van der Waals surface area (Å²) in [6, 6.07) is 3.90. The maximum atomic E-state index is 5.90. The van der Waals surface area contributed by atoms with Gasteiger partial charge in [-0.05, 0) is 33.4 Å². The van der Waals surface area contributed by atoms with Gasteiger partial charge in [0, 0.05) is 16.0 Å². The van der Waals surface area contributed by atoms with Crippen molar-refractivity contribution in [3.63, 3.8) is 0 Å². The van der Waals surface area contributed by atoms with Gasteiger partial charge in [0.25, 0.3) is 0 Å². The summed E-state index contributed by atoms with van der Waals surface area (Å²) in [4.78, 5) is 8.62. The summed E-state index contributed by atoms with van der Waals surface area (Å²) in [6.45, 7) is 0. The third-order valence-corrected chi connectivity index (χ3v) is 3.36. The molecule has 4 nitrogen and oxygen atoms in total. The Morgan fingerprint density at radius 3 is 3.06 bits per heavy atom. The Morgan fingerprint density at radius 1 is 1.44 bits per heavy atom. The van der Waals surface area contributed by atoms with Crippen LogP contribution >= 0.6 is 27.3 Å². The molecule has 0 spiro atoms. The number of imidazole rings is 1. The summed E-state index contributed by atoms with van der Waals surface area (Å²) < 4.78 is 2.74. The third-order valence-electron chi connectivity index (χ3n) is 2.25. The van der Waals surface area contributed by atoms with E-state index in [9.17, 15) is 0 Å². The van der Waals surface area contributed by atoms with Crippen LogP contribution in [0.2, 0.25) is 0 Å². The SMILES string of the molecule is Nc1nc2cc(Br)cnc2n1-c1ccsc1. The second-order valence-electron chi connectivity index (χ2n) is 3.28. The highest BCUT2D eigenvalue weighted by atomic mass is 79.9. The first-order chi connectivity index (χ1) is 7.75. The van der Waals surface area contributed by atoms with E-state index in [1.807, 2.05) is 27.5 Å². The zero-order chi connectivity index (χ0) is 11.1. The molecule has 0 aliphatic heterocycles. The molecule has 0 radical (unpaired) electrons. The van der Waals surface area contributed by atoms with Crippen molar-refractivity contribution in [2.24, 2.45) is 0 Å². The third kappa shape index (κ3) is 1.42. The second kappa shape index (κ2) is 3.57. The minimum Gasteiger partial charge on any atom is -0.369 e. The number of aromatic nitrogens is 3. The van der Waals surface area contributed by atoms with Gasteiger partial charge in [-0.1, -0.05) is 0 Å². The molecule has 0 aliphatic carbocycles. The smallest absolute Gasteiger partial charge is 0.207 e. The molecule has 0 atom stereocenters. The predicted molar refractivity (Wildman–Crippen MR) is 68.9 cm³/mol. The van der Waals surface area contributed by atoms with Crippen molar-refractivity contribution in [3.8, 4) is 5.69 Å². The molecular weight excluding hydrogens is 288 g/mol. The van der Waals surface area contributed by atoms with Crippen LogP contribution in [0, 0.1) is 0 Å². The van der Waals surface area contributed by atoms with Crippen LogP contribution in [0.15, 0.2) is 33.6 Å². The molecule has 0 aromatic carbocycles. The number of nitrogen functional groups attached to an aromatic ring is 1. The zero-order valence-corrected chi connectivity index (χ0v) is 10.5. The molecule has 3 aromatic rings. The van der Waals surface area contributed by atoms with Gasteiger partial charge in [0.15, 0.2) is 5.65 Å². The summed E-state index contributed by atoms with van der Waals surface area (Å²) in [5, 5.41) is 4.01. The first-order valence-electron chi connectivity index (χ1n) is 4.58. The van der Waals surface area contributed by atoms with Crippen LogP contribution in [-0.2, 0) is 0 Å². The van der Waals surface area contributed by atoms with Gasteiger partial charge in [0.05, 0.1) is 5.69 Å². The number of hydrogen-bond donors (Lipinski definition) is 1. The molecule has 0 bridgehead atoms. The molecule has 3 rings (SSSR count). The van der Waals surface area contributed by atoms with E-state index in [4.69, 9.17) is 5.73 Å². The maximum absolute atomic E-state index is 5.90. The number of nitrogens with two attached hydrogens (primary N) is 1. The first kappa shape index (κ1) is 9.80. The number of hydrogen-bond acceptors (Lipinski definition) is 4. The molecule has 80 valence electrons. The maximum Gasteiger partial charge on any atom is 0.207 e. The van der Waals surface area contributed by atoms with Crippen LogP contribution in [0.4, 0.5) is 5.95 Å². The molecular formula is C10H7BrN4S. The minimum atomic E-state index is 0.457. The Kier molecular flexibility index (Phi) is 2.19. The van der Waals surface area contributed by atoms with Crippen molar-refractivity contribution in [1.82, 2.24) is 14.5 Å². The Labute approximate surface area is 104 Å². The highest BCUT2D eigenvalue weighted by molar-refractivity contribution is 9.10. The number of nitrogens with zero attached hydrogens (tertiary/aromatic N) is 3. The molecule has 2 N–H and O–H groups in total. The number of rotatable bonds is 1. The number of halogens is 1. The largest absolute Gasteiger partial charge is 0.369 e. The monoisotopic (exact) mass is 294 g/mol. The van der Waals surface area contributed by atoms with Gasteiger partial charge in [0.2, 0.25) is 5.95 Å². The van der Waals surface area contributed by atoms with Crippen LogP contribution in [-0.4, -0.2) is 14.5 Å². The average molecular weight is 295 g/mol. The molecule has 0 aliphatic rings. The highest BCUT2D eigenvalue weighted by Gasteiger charge is 2.11. The molecule has 0 amide bonds. The van der Waals surface area contributed by atoms with Gasteiger partial charge in [-0.3, -0.25) is 4.57 Å². The Hall–Kier alpha value is -1.40. The molecule has 16 heavy (non-hydrogen) atoms. The Morgan fingerprint density at radius 2 is 2.31 bits per heavy atom. The lowest BCUT2D eigenvalue weighted by molar-refractivity contribution is 1.09. The van der Waals surface area contributed by atoms with E-state index in [0.29, 0.717) is 5.95 Å². The molecule has 0 saturated carbocycles. The van der Waals surface area contributed by atoms with Gasteiger partial charge in [-0.15, -0.1) is 0 Å². The van der Waals surface area contributed by atoms with E-state index in [1.54, 1.807) is 17.5 Å². The topological polar surface area (TPSA) is 56.7 Å². The van der Waals surface area contributed by atoms with Gasteiger partial charge in [-0.25, -0.2) is 9.97 Å². The first-order valence-corrected chi connectivity index (χ1v) is 6.31. The summed E-state index contributed by atoms with van der Waals surface area (Å²) in [6.07, 6.45) is 1.74. The molecule has 3 aromatic heterocycles. The summed E-state index contributed by atoms with van der Waals surface area (Å²) >= 11 is 4.98. The summed E-state index contributed by atoms with van der Waals surface area (Å²) in [7, 11) is 0. The number of thiophene rings is 1. The van der Waals surface area contributed by atoms with Gasteiger partial charge < -0.3 is 5.73 Å². The predicted octanol–water partition coefficient (Wildman–Crippen LogP) is 2.83. The van der Waals surface area contributed by atoms with Crippen molar-refractivity contribution < 1.29 is 0 Å². The number of anilines is 1. The van der Waals surface area contributed by atoms with Crippen molar-refractivity contribution in [2.75, 3.05) is 5.73 Å². The standard InChI is InChI=1S/C10H7BrN4S/c11-6-3-8-9(13-4-6)15(10(12)14-8)7-1-2-16-5-7/h1-5H,(H2,12,14). The van der Waals surface area contributed by atoms with Crippen LogP contribution in [0.25, 0.3) is 16.9 Å². The zero-order valence-electron chi connectivity index (χ0n) is 8.09. The quantitative estimate of drug-likeness (QED) is 0.751. The fourth-order valence-corrected chi connectivity index (χ4v) is 2.54. The molecule has 3 heterocycles. The van der Waals surface area contributed by atoms with E-state index in [1.165, 1.54) is 0 Å². The molecule has 0 fully saturated rings. The average Bonchev–Trinajstić information content (AvgIpc) is 2.83. The van der Waals surface area contributed by atoms with E-state index in [2.05, 4.69) is 25.9 Å². The van der Waals surface area contributed by atoms with E-state index >= 15 is 0 Å². The Bertz CT molecular complexity index is 644. The lowest BCUT2D eigenvalue weighted by atomic mass is 10.4. The highest BCUT2D eigenvalue weighted by Crippen LogP contribution is 2.24. The summed E-state index contributed by atoms with van der Waals surface area (Å²) in [5.41, 5.74) is 8.46. The normalized spacial score (nSPS) is 11.1. The van der Waals surface area contributed by atoms with Crippen LogP contribution in [0.5, 0.6) is 0 Å². The van der Waals surface area contributed by atoms with Crippen LogP contribution in [0.3, 0.4) is 0 Å². The fourth-order valence-electron chi connectivity index (χ4n) is 1.60. The molecule has 0 unspecified atom stereocenters. The number of pyridine rings is 1. The van der Waals surface area contributed by atoms with Crippen LogP contribution in [0.1, 0.15) is 0 Å². The van der Waals surface area contributed by atoms with Crippen molar-refractivity contribution in [2.45, 2.75) is 0 Å². The lowest BCUT2D eigenvalue weighted by Gasteiger charge is -2.01. The van der Waals surface area contributed by atoms with Crippen molar-refractivity contribution >= 4 is 44.4 Å². The minimum absolute atomic E-state index is 0.457. The fraction of sp³-hybridized carbons (Fsp3) is 0. The van der Waals surface area contributed by atoms with E-state index in [-0.39, 0.29) is 0 Å². The van der Waals surface area contributed by atoms with Gasteiger partial charge in [0.1, 0.15) is 5.52 Å². The number of fused-ring (bicyclic) bond motifs is 1. The van der Waals surface area contributed by atoms with Crippen molar-refractivity contribution in [1.29, 1.82) is 0 Å². The van der Waals surface area contributed by atoms with E-state index < -0.39 is 0 Å². The van der Waals surface area contributed by atoms with Crippen LogP contribution < -0.4 is 5.73 Å². The molecule has 6 heteroatoms.